The predicted octanol–water partition coefficient (Wildman–Crippen LogP) is 6.60. The first kappa shape index (κ1) is 27.5. The summed E-state index contributed by atoms with van der Waals surface area (Å²) in [6, 6.07) is 8.17. The minimum Gasteiger partial charge on any atom is -0.427 e. The van der Waals surface area contributed by atoms with E-state index in [0.717, 1.165) is 31.4 Å². The van der Waals surface area contributed by atoms with E-state index >= 15 is 0 Å². The summed E-state index contributed by atoms with van der Waals surface area (Å²) < 4.78 is 5.04. The van der Waals surface area contributed by atoms with Gasteiger partial charge in [-0.1, -0.05) is 71.9 Å². The number of hydrogen-bond acceptors (Lipinski definition) is 4. The Labute approximate surface area is 179 Å². The van der Waals surface area contributed by atoms with E-state index in [1.54, 1.807) is 6.92 Å². The third kappa shape index (κ3) is 11.9. The summed E-state index contributed by atoms with van der Waals surface area (Å²) in [6.07, 6.45) is 11.9. The van der Waals surface area contributed by atoms with E-state index in [-0.39, 0.29) is 6.61 Å². The molecule has 0 unspecified atom stereocenters. The Morgan fingerprint density at radius 2 is 1.59 bits per heavy atom. The SMILES string of the molecule is CC1(C)CCCCC1.CCCC(CCC)N(C)c1ccccc1OC=O.CCO. The molecule has 0 radical (unpaired) electrons. The van der Waals surface area contributed by atoms with Gasteiger partial charge in [0.25, 0.3) is 6.47 Å². The number of nitrogens with zero attached hydrogens (tertiary/aromatic N) is 1. The van der Waals surface area contributed by atoms with Crippen LogP contribution in [0.1, 0.15) is 92.4 Å². The number of ether oxygens (including phenoxy) is 1. The number of aliphatic hydroxyl groups is 1. The van der Waals surface area contributed by atoms with Crippen molar-refractivity contribution in [2.45, 2.75) is 98.4 Å². The average molecular weight is 408 g/mol. The molecule has 0 aromatic heterocycles. The second-order valence-corrected chi connectivity index (χ2v) is 8.56. The van der Waals surface area contributed by atoms with Gasteiger partial charge in [0.15, 0.2) is 5.75 Å². The zero-order valence-corrected chi connectivity index (χ0v) is 19.7. The lowest BCUT2D eigenvalue weighted by Crippen LogP contribution is -2.31. The summed E-state index contributed by atoms with van der Waals surface area (Å²) in [6.45, 7) is 11.6. The third-order valence-corrected chi connectivity index (χ3v) is 5.42. The molecule has 4 nitrogen and oxygen atoms in total. The smallest absolute Gasteiger partial charge is 0.298 e. The highest BCUT2D eigenvalue weighted by atomic mass is 16.5. The third-order valence-electron chi connectivity index (χ3n) is 5.42. The Morgan fingerprint density at radius 1 is 1.07 bits per heavy atom. The molecule has 1 aromatic carbocycles. The molecule has 0 spiro atoms. The molecule has 1 aliphatic carbocycles. The van der Waals surface area contributed by atoms with Crippen molar-refractivity contribution in [2.75, 3.05) is 18.6 Å². The van der Waals surface area contributed by atoms with Crippen LogP contribution in [0.5, 0.6) is 5.75 Å². The van der Waals surface area contributed by atoms with Gasteiger partial charge >= 0.3 is 0 Å². The van der Waals surface area contributed by atoms with Gasteiger partial charge in [-0.25, -0.2) is 0 Å². The minimum absolute atomic E-state index is 0.250. The first-order chi connectivity index (χ1) is 13.9. The van der Waals surface area contributed by atoms with Crippen LogP contribution < -0.4 is 9.64 Å². The summed E-state index contributed by atoms with van der Waals surface area (Å²) in [7, 11) is 2.07. The van der Waals surface area contributed by atoms with E-state index in [0.29, 0.717) is 23.7 Å². The Bertz CT molecular complexity index is 517. The van der Waals surface area contributed by atoms with Crippen molar-refractivity contribution in [3.8, 4) is 5.75 Å². The molecule has 0 aliphatic heterocycles. The molecule has 0 atom stereocenters. The van der Waals surface area contributed by atoms with Crippen molar-refractivity contribution in [3.63, 3.8) is 0 Å². The van der Waals surface area contributed by atoms with E-state index < -0.39 is 0 Å². The molecule has 0 saturated heterocycles. The highest BCUT2D eigenvalue weighted by molar-refractivity contribution is 5.62. The van der Waals surface area contributed by atoms with Crippen LogP contribution in [0.3, 0.4) is 0 Å². The quantitative estimate of drug-likeness (QED) is 0.493. The summed E-state index contributed by atoms with van der Waals surface area (Å²) >= 11 is 0. The summed E-state index contributed by atoms with van der Waals surface area (Å²) in [5.41, 5.74) is 1.66. The molecule has 29 heavy (non-hydrogen) atoms. The first-order valence-electron chi connectivity index (χ1n) is 11.4. The fourth-order valence-electron chi connectivity index (χ4n) is 3.80. The molecular formula is C25H45NO3. The number of hydrogen-bond donors (Lipinski definition) is 1. The Kier molecular flexibility index (Phi) is 15.4. The van der Waals surface area contributed by atoms with Crippen LogP contribution in [0.25, 0.3) is 0 Å². The molecular weight excluding hydrogens is 362 g/mol. The van der Waals surface area contributed by atoms with Gasteiger partial charge in [0.05, 0.1) is 5.69 Å². The number of benzene rings is 1. The van der Waals surface area contributed by atoms with Gasteiger partial charge in [0.2, 0.25) is 0 Å². The topological polar surface area (TPSA) is 49.8 Å². The standard InChI is InChI=1S/C15H23NO2.C8H16.C2H6O/c1-4-8-13(9-5-2)16(3)14-10-6-7-11-15(14)18-12-17;1-8(2)6-4-3-5-7-8;1-2-3/h6-7,10-13H,4-5,8-9H2,1-3H3;3-7H2,1-2H3;3H,2H2,1H3. The van der Waals surface area contributed by atoms with Crippen LogP contribution in [-0.2, 0) is 4.79 Å². The van der Waals surface area contributed by atoms with E-state index in [1.165, 1.54) is 32.1 Å². The fourth-order valence-corrected chi connectivity index (χ4v) is 3.80. The molecule has 4 heteroatoms. The number of carbonyl (C=O) groups excluding carboxylic acids is 1. The lowest BCUT2D eigenvalue weighted by molar-refractivity contribution is -0.120. The maximum atomic E-state index is 10.5. The van der Waals surface area contributed by atoms with Gasteiger partial charge in [-0.15, -0.1) is 0 Å². The number of aliphatic hydroxyl groups excluding tert-OH is 1. The predicted molar refractivity (Wildman–Crippen MR) is 125 cm³/mol. The molecule has 1 saturated carbocycles. The van der Waals surface area contributed by atoms with Crippen LogP contribution in [-0.4, -0.2) is 31.3 Å². The maximum Gasteiger partial charge on any atom is 0.298 e. The monoisotopic (exact) mass is 407 g/mol. The lowest BCUT2D eigenvalue weighted by atomic mass is 9.78. The average Bonchev–Trinajstić information content (AvgIpc) is 2.69. The highest BCUT2D eigenvalue weighted by Gasteiger charge is 2.20. The number of para-hydroxylation sites is 2. The number of rotatable bonds is 8. The zero-order valence-electron chi connectivity index (χ0n) is 19.7. The van der Waals surface area contributed by atoms with Crippen molar-refractivity contribution < 1.29 is 14.6 Å². The molecule has 1 fully saturated rings. The molecule has 0 heterocycles. The van der Waals surface area contributed by atoms with Crippen LogP contribution >= 0.6 is 0 Å². The van der Waals surface area contributed by atoms with Crippen molar-refractivity contribution in [1.82, 2.24) is 0 Å². The van der Waals surface area contributed by atoms with Gasteiger partial charge in [0, 0.05) is 19.7 Å². The highest BCUT2D eigenvalue weighted by Crippen LogP contribution is 2.34. The van der Waals surface area contributed by atoms with Gasteiger partial charge in [-0.3, -0.25) is 4.79 Å². The van der Waals surface area contributed by atoms with Crippen LogP contribution in [0.2, 0.25) is 0 Å². The molecule has 1 N–H and O–H groups in total. The zero-order chi connectivity index (χ0) is 22.1. The molecule has 2 rings (SSSR count). The van der Waals surface area contributed by atoms with Gasteiger partial charge in [0.1, 0.15) is 0 Å². The van der Waals surface area contributed by atoms with Crippen LogP contribution in [0.15, 0.2) is 24.3 Å². The number of anilines is 1. The van der Waals surface area contributed by atoms with Gasteiger partial charge < -0.3 is 14.7 Å². The Balaban J connectivity index is 0.000000586. The first-order valence-corrected chi connectivity index (χ1v) is 11.4. The normalized spacial score (nSPS) is 14.8. The van der Waals surface area contributed by atoms with Gasteiger partial charge in [-0.05, 0) is 50.2 Å². The maximum absolute atomic E-state index is 10.5. The van der Waals surface area contributed by atoms with Crippen molar-refractivity contribution >= 4 is 12.2 Å². The Morgan fingerprint density at radius 3 is 2.00 bits per heavy atom. The largest absolute Gasteiger partial charge is 0.427 e. The van der Waals surface area contributed by atoms with Crippen molar-refractivity contribution in [1.29, 1.82) is 0 Å². The van der Waals surface area contributed by atoms with Gasteiger partial charge in [-0.2, -0.15) is 0 Å². The van der Waals surface area contributed by atoms with E-state index in [2.05, 4.69) is 39.6 Å². The summed E-state index contributed by atoms with van der Waals surface area (Å²) in [4.78, 5) is 12.8. The van der Waals surface area contributed by atoms with Crippen molar-refractivity contribution in [3.05, 3.63) is 24.3 Å². The molecule has 0 amide bonds. The molecule has 0 bridgehead atoms. The number of carbonyl (C=O) groups is 1. The molecule has 168 valence electrons. The van der Waals surface area contributed by atoms with Crippen LogP contribution in [0, 0.1) is 5.41 Å². The fraction of sp³-hybridized carbons (Fsp3) is 0.720. The summed E-state index contributed by atoms with van der Waals surface area (Å²) in [5.74, 6) is 0.632. The summed E-state index contributed by atoms with van der Waals surface area (Å²) in [5, 5.41) is 7.57. The van der Waals surface area contributed by atoms with Crippen molar-refractivity contribution in [2.24, 2.45) is 5.41 Å². The minimum atomic E-state index is 0.250. The van der Waals surface area contributed by atoms with E-state index in [4.69, 9.17) is 9.84 Å². The molecule has 1 aromatic rings. The lowest BCUT2D eigenvalue weighted by Gasteiger charge is -2.30. The van der Waals surface area contributed by atoms with Crippen LogP contribution in [0.4, 0.5) is 5.69 Å². The Hall–Kier alpha value is -1.55. The molecule has 1 aliphatic rings. The second kappa shape index (κ2) is 16.3. The van der Waals surface area contributed by atoms with E-state index in [9.17, 15) is 4.79 Å². The second-order valence-electron chi connectivity index (χ2n) is 8.56. The van der Waals surface area contributed by atoms with E-state index in [1.807, 2.05) is 24.3 Å².